The third kappa shape index (κ3) is 5.79. The third-order valence-electron chi connectivity index (χ3n) is 4.49. The lowest BCUT2D eigenvalue weighted by molar-refractivity contribution is -0.124. The number of nitrogens with zero attached hydrogens (tertiary/aromatic N) is 4. The fraction of sp³-hybridized carbons (Fsp3) is 0.450. The van der Waals surface area contributed by atoms with Gasteiger partial charge in [-0.25, -0.2) is 5.48 Å². The van der Waals surface area contributed by atoms with E-state index in [2.05, 4.69) is 51.8 Å². The van der Waals surface area contributed by atoms with Crippen molar-refractivity contribution in [3.63, 3.8) is 0 Å². The predicted octanol–water partition coefficient (Wildman–Crippen LogP) is 1.35. The maximum Gasteiger partial charge on any atom is 0.268 e. The molecule has 2 aromatic rings. The van der Waals surface area contributed by atoms with Crippen LogP contribution in [0.4, 0.5) is 23.5 Å². The van der Waals surface area contributed by atoms with Crippen LogP contribution >= 0.6 is 0 Å². The van der Waals surface area contributed by atoms with E-state index in [0.29, 0.717) is 23.7 Å². The zero-order valence-corrected chi connectivity index (χ0v) is 18.3. The van der Waals surface area contributed by atoms with Gasteiger partial charge in [0.1, 0.15) is 12.6 Å². The van der Waals surface area contributed by atoms with Crippen LogP contribution in [0.1, 0.15) is 36.7 Å². The Bertz CT molecular complexity index is 989. The van der Waals surface area contributed by atoms with Crippen LogP contribution in [-0.4, -0.2) is 53.0 Å². The van der Waals surface area contributed by atoms with Crippen molar-refractivity contribution in [2.75, 3.05) is 35.7 Å². The van der Waals surface area contributed by atoms with E-state index in [4.69, 9.17) is 10.6 Å². The molecule has 166 valence electrons. The molecule has 1 aromatic heterocycles. The molecule has 1 aliphatic heterocycles. The topological polar surface area (TPSA) is 147 Å². The molecule has 1 fully saturated rings. The van der Waals surface area contributed by atoms with Gasteiger partial charge in [-0.2, -0.15) is 15.0 Å². The van der Waals surface area contributed by atoms with Crippen molar-refractivity contribution in [3.8, 4) is 0 Å². The lowest BCUT2D eigenvalue weighted by Crippen LogP contribution is -2.33. The molecule has 0 unspecified atom stereocenters. The van der Waals surface area contributed by atoms with E-state index >= 15 is 0 Å². The Morgan fingerprint density at radius 1 is 1.29 bits per heavy atom. The molecule has 0 aliphatic carbocycles. The standard InChI is InChI=1S/C20H28N8O3/c1-11-6-7-12(15(21)29)8-13(11)22-17-24-18(23-14-9-31-27-16(14)30)26-19(25-17)28(5)10-20(2,3)4/h6-8,14H,9-10H2,1-5H3,(H2,21,29)(H,27,30)(H2,22,23,24,25,26)/t14-/m0/s1. The van der Waals surface area contributed by atoms with Gasteiger partial charge in [0, 0.05) is 24.8 Å². The fourth-order valence-electron chi connectivity index (χ4n) is 3.07. The summed E-state index contributed by atoms with van der Waals surface area (Å²) in [5, 5.41) is 6.11. The number of anilines is 4. The summed E-state index contributed by atoms with van der Waals surface area (Å²) in [6, 6.07) is 4.47. The number of nitrogens with two attached hydrogens (primary N) is 1. The quantitative estimate of drug-likeness (QED) is 0.513. The number of nitrogens with one attached hydrogen (secondary N) is 3. The van der Waals surface area contributed by atoms with E-state index in [0.717, 1.165) is 5.56 Å². The Labute approximate surface area is 180 Å². The van der Waals surface area contributed by atoms with Crippen molar-refractivity contribution >= 4 is 35.3 Å². The van der Waals surface area contributed by atoms with Crippen LogP contribution in [0.3, 0.4) is 0 Å². The van der Waals surface area contributed by atoms with Crippen LogP contribution in [0.15, 0.2) is 18.2 Å². The second kappa shape index (κ2) is 8.72. The first-order chi connectivity index (χ1) is 14.5. The van der Waals surface area contributed by atoms with Gasteiger partial charge in [0.15, 0.2) is 0 Å². The number of hydrogen-bond donors (Lipinski definition) is 4. The molecule has 5 N–H and O–H groups in total. The molecule has 0 bridgehead atoms. The SMILES string of the molecule is Cc1ccc(C(N)=O)cc1Nc1nc(N[C@H]2CONC2=O)nc(N(C)CC(C)(C)C)n1. The van der Waals surface area contributed by atoms with E-state index in [-0.39, 0.29) is 29.8 Å². The first-order valence-electron chi connectivity index (χ1n) is 9.85. The number of rotatable bonds is 7. The maximum atomic E-state index is 11.9. The summed E-state index contributed by atoms with van der Waals surface area (Å²) in [7, 11) is 1.89. The van der Waals surface area contributed by atoms with Crippen LogP contribution in [0.5, 0.6) is 0 Å². The van der Waals surface area contributed by atoms with Gasteiger partial charge in [0.05, 0.1) is 0 Å². The highest BCUT2D eigenvalue weighted by Crippen LogP contribution is 2.24. The highest BCUT2D eigenvalue weighted by molar-refractivity contribution is 5.94. The van der Waals surface area contributed by atoms with E-state index in [1.54, 1.807) is 18.2 Å². The fourth-order valence-corrected chi connectivity index (χ4v) is 3.07. The van der Waals surface area contributed by atoms with Crippen LogP contribution in [-0.2, 0) is 9.63 Å². The lowest BCUT2D eigenvalue weighted by Gasteiger charge is -2.27. The van der Waals surface area contributed by atoms with E-state index in [9.17, 15) is 9.59 Å². The summed E-state index contributed by atoms with van der Waals surface area (Å²) in [6.45, 7) is 9.07. The van der Waals surface area contributed by atoms with Gasteiger partial charge >= 0.3 is 0 Å². The van der Waals surface area contributed by atoms with Gasteiger partial charge in [-0.1, -0.05) is 26.8 Å². The normalized spacial score (nSPS) is 16.0. The van der Waals surface area contributed by atoms with E-state index < -0.39 is 11.9 Å². The molecule has 1 aliphatic rings. The van der Waals surface area contributed by atoms with Gasteiger partial charge < -0.3 is 21.3 Å². The molecule has 0 spiro atoms. The van der Waals surface area contributed by atoms with Crippen molar-refractivity contribution in [2.45, 2.75) is 33.7 Å². The Morgan fingerprint density at radius 2 is 2.00 bits per heavy atom. The molecule has 0 saturated carbocycles. The molecular formula is C20H28N8O3. The number of hydroxylamine groups is 1. The second-order valence-corrected chi connectivity index (χ2v) is 8.69. The van der Waals surface area contributed by atoms with Crippen LogP contribution in [0, 0.1) is 12.3 Å². The van der Waals surface area contributed by atoms with Crippen LogP contribution in [0.2, 0.25) is 0 Å². The van der Waals surface area contributed by atoms with Crippen molar-refractivity contribution in [3.05, 3.63) is 29.3 Å². The zero-order valence-electron chi connectivity index (χ0n) is 18.3. The number of primary amides is 1. The number of carbonyl (C=O) groups is 2. The summed E-state index contributed by atoms with van der Waals surface area (Å²) in [5.74, 6) is 0.0845. The second-order valence-electron chi connectivity index (χ2n) is 8.69. The van der Waals surface area contributed by atoms with E-state index in [1.165, 1.54) is 0 Å². The molecule has 1 aromatic carbocycles. The van der Waals surface area contributed by atoms with Crippen molar-refractivity contribution < 1.29 is 14.4 Å². The van der Waals surface area contributed by atoms with Gasteiger partial charge in [0.25, 0.3) is 5.91 Å². The molecule has 11 nitrogen and oxygen atoms in total. The number of amides is 2. The molecular weight excluding hydrogens is 400 g/mol. The minimum Gasteiger partial charge on any atom is -0.366 e. The minimum absolute atomic E-state index is 0.00808. The van der Waals surface area contributed by atoms with Crippen molar-refractivity contribution in [1.29, 1.82) is 0 Å². The number of aromatic nitrogens is 3. The molecule has 1 saturated heterocycles. The van der Waals surface area contributed by atoms with Gasteiger partial charge in [-0.15, -0.1) is 0 Å². The number of benzene rings is 1. The summed E-state index contributed by atoms with van der Waals surface area (Å²) in [4.78, 5) is 43.7. The number of carbonyl (C=O) groups excluding carboxylic acids is 2. The van der Waals surface area contributed by atoms with Gasteiger partial charge in [-0.3, -0.25) is 14.4 Å². The zero-order chi connectivity index (χ0) is 22.8. The predicted molar refractivity (Wildman–Crippen MR) is 117 cm³/mol. The monoisotopic (exact) mass is 428 g/mol. The summed E-state index contributed by atoms with van der Waals surface area (Å²) in [6.07, 6.45) is 0. The maximum absolute atomic E-state index is 11.9. The molecule has 2 amide bonds. The molecule has 0 radical (unpaired) electrons. The van der Waals surface area contributed by atoms with Crippen LogP contribution in [0.25, 0.3) is 0 Å². The summed E-state index contributed by atoms with van der Waals surface area (Å²) >= 11 is 0. The third-order valence-corrected chi connectivity index (χ3v) is 4.49. The van der Waals surface area contributed by atoms with Gasteiger partial charge in [0.2, 0.25) is 23.8 Å². The average molecular weight is 428 g/mol. The molecule has 31 heavy (non-hydrogen) atoms. The van der Waals surface area contributed by atoms with Crippen LogP contribution < -0.4 is 26.7 Å². The Morgan fingerprint density at radius 3 is 2.61 bits per heavy atom. The lowest BCUT2D eigenvalue weighted by atomic mass is 9.96. The smallest absolute Gasteiger partial charge is 0.268 e. The highest BCUT2D eigenvalue weighted by Gasteiger charge is 2.27. The largest absolute Gasteiger partial charge is 0.366 e. The summed E-state index contributed by atoms with van der Waals surface area (Å²) < 4.78 is 0. The summed E-state index contributed by atoms with van der Waals surface area (Å²) in [5.41, 5.74) is 9.59. The molecule has 11 heteroatoms. The Kier molecular flexibility index (Phi) is 6.25. The number of aryl methyl sites for hydroxylation is 1. The first-order valence-corrected chi connectivity index (χ1v) is 9.85. The van der Waals surface area contributed by atoms with Gasteiger partial charge in [-0.05, 0) is 30.0 Å². The highest BCUT2D eigenvalue weighted by atomic mass is 16.7. The average Bonchev–Trinajstić information content (AvgIpc) is 3.06. The van der Waals surface area contributed by atoms with E-state index in [1.807, 2.05) is 18.9 Å². The molecule has 3 rings (SSSR count). The molecule has 1 atom stereocenters. The Hall–Kier alpha value is -3.47. The molecule has 2 heterocycles. The van der Waals surface area contributed by atoms with Crippen molar-refractivity contribution in [2.24, 2.45) is 11.1 Å². The number of hydrogen-bond acceptors (Lipinski definition) is 9. The first kappa shape index (κ1) is 22.2. The van der Waals surface area contributed by atoms with Crippen molar-refractivity contribution in [1.82, 2.24) is 20.4 Å². The Balaban J connectivity index is 1.95. The minimum atomic E-state index is -0.615.